The molecule has 0 heterocycles. The Labute approximate surface area is 169 Å². The Kier molecular flexibility index (Phi) is 6.27. The second-order valence-electron chi connectivity index (χ2n) is 6.23. The van der Waals surface area contributed by atoms with Crippen molar-refractivity contribution in [3.05, 3.63) is 89.5 Å². The SMILES string of the molecule is Cc1ccc([O][Ti]([I])([O]c2ccc(C)cc2)[O]c2ccc(C)cc2)cc1. The third kappa shape index (κ3) is 5.50. The summed E-state index contributed by atoms with van der Waals surface area (Å²) in [4.78, 5) is 0. The van der Waals surface area contributed by atoms with E-state index < -0.39 is 14.0 Å². The van der Waals surface area contributed by atoms with Gasteiger partial charge in [-0.3, -0.25) is 0 Å². The number of rotatable bonds is 6. The van der Waals surface area contributed by atoms with Crippen LogP contribution in [0.4, 0.5) is 0 Å². The Bertz CT molecular complexity index is 730. The molecular formula is C21H21IO3Ti. The van der Waals surface area contributed by atoms with E-state index in [4.69, 9.17) is 9.96 Å². The Balaban J connectivity index is 1.86. The third-order valence-electron chi connectivity index (χ3n) is 3.78. The molecule has 0 aliphatic carbocycles. The first-order valence-corrected chi connectivity index (χ1v) is 15.3. The van der Waals surface area contributed by atoms with Crippen LogP contribution < -0.4 is 9.96 Å². The van der Waals surface area contributed by atoms with Gasteiger partial charge in [-0.05, 0) is 0 Å². The molecular weight excluding hydrogens is 475 g/mol. The van der Waals surface area contributed by atoms with Gasteiger partial charge in [0, 0.05) is 0 Å². The van der Waals surface area contributed by atoms with Crippen molar-refractivity contribution in [2.45, 2.75) is 20.8 Å². The molecule has 26 heavy (non-hydrogen) atoms. The molecule has 3 rings (SSSR count). The van der Waals surface area contributed by atoms with Crippen molar-refractivity contribution in [1.82, 2.24) is 0 Å². The second kappa shape index (κ2) is 8.46. The van der Waals surface area contributed by atoms with Gasteiger partial charge in [0.25, 0.3) is 0 Å². The predicted octanol–water partition coefficient (Wildman–Crippen LogP) is 6.40. The average Bonchev–Trinajstić information content (AvgIpc) is 2.61. The molecule has 0 aliphatic rings. The first-order valence-electron chi connectivity index (χ1n) is 8.38. The van der Waals surface area contributed by atoms with Crippen LogP contribution in [0.1, 0.15) is 16.7 Å². The van der Waals surface area contributed by atoms with Crippen LogP contribution in [-0.4, -0.2) is 0 Å². The molecule has 3 aromatic rings. The van der Waals surface area contributed by atoms with Crippen LogP contribution in [0.5, 0.6) is 17.2 Å². The van der Waals surface area contributed by atoms with Gasteiger partial charge >= 0.3 is 171 Å². The van der Waals surface area contributed by atoms with E-state index >= 15 is 0 Å². The van der Waals surface area contributed by atoms with Gasteiger partial charge in [0.2, 0.25) is 0 Å². The molecule has 0 aromatic heterocycles. The summed E-state index contributed by atoms with van der Waals surface area (Å²) in [5.74, 6) is 2.26. The molecule has 0 N–H and O–H groups in total. The monoisotopic (exact) mass is 496 g/mol. The van der Waals surface area contributed by atoms with Gasteiger partial charge in [0.15, 0.2) is 0 Å². The van der Waals surface area contributed by atoms with Gasteiger partial charge in [-0.25, -0.2) is 0 Å². The molecule has 0 radical (unpaired) electrons. The standard InChI is InChI=1S/3C7H8O.HI.Ti/c3*1-6-2-4-7(8)5-3-6;;/h3*2-5,8H,1H3;1H;/q;;;;+4/p-4. The summed E-state index contributed by atoms with van der Waals surface area (Å²) in [5, 5.41) is 0. The van der Waals surface area contributed by atoms with Crippen LogP contribution in [0.2, 0.25) is 0 Å². The zero-order valence-electron chi connectivity index (χ0n) is 15.0. The minimum atomic E-state index is -3.66. The van der Waals surface area contributed by atoms with Gasteiger partial charge in [-0.2, -0.15) is 0 Å². The minimum absolute atomic E-state index is 0.754. The molecule has 0 saturated heterocycles. The van der Waals surface area contributed by atoms with Gasteiger partial charge in [0.1, 0.15) is 0 Å². The maximum absolute atomic E-state index is 6.26. The second-order valence-corrected chi connectivity index (χ2v) is 14.1. The molecule has 0 fully saturated rings. The fraction of sp³-hybridized carbons (Fsp3) is 0.143. The maximum atomic E-state index is 6.26. The summed E-state index contributed by atoms with van der Waals surface area (Å²) in [5.41, 5.74) is 3.55. The number of hydrogen-bond donors (Lipinski definition) is 0. The zero-order valence-corrected chi connectivity index (χ0v) is 18.7. The molecule has 0 aliphatic heterocycles. The van der Waals surface area contributed by atoms with E-state index in [1.807, 2.05) is 93.6 Å². The summed E-state index contributed by atoms with van der Waals surface area (Å²) in [6.07, 6.45) is 0. The van der Waals surface area contributed by atoms with E-state index in [9.17, 15) is 0 Å². The van der Waals surface area contributed by atoms with Crippen LogP contribution in [0.15, 0.2) is 72.8 Å². The van der Waals surface area contributed by atoms with Crippen LogP contribution in [0.25, 0.3) is 0 Å². The summed E-state index contributed by atoms with van der Waals surface area (Å²) in [6.45, 7) is 6.15. The van der Waals surface area contributed by atoms with Crippen molar-refractivity contribution in [2.75, 3.05) is 0 Å². The van der Waals surface area contributed by atoms with Crippen molar-refractivity contribution < 1.29 is 24.0 Å². The Hall–Kier alpha value is -1.50. The average molecular weight is 496 g/mol. The van der Waals surface area contributed by atoms with Gasteiger partial charge in [-0.15, -0.1) is 0 Å². The van der Waals surface area contributed by atoms with Crippen LogP contribution >= 0.6 is 19.2 Å². The summed E-state index contributed by atoms with van der Waals surface area (Å²) in [6, 6.07) is 23.8. The first kappa shape index (κ1) is 19.3. The van der Waals surface area contributed by atoms with Crippen molar-refractivity contribution in [1.29, 1.82) is 0 Å². The molecule has 3 nitrogen and oxygen atoms in total. The van der Waals surface area contributed by atoms with Crippen LogP contribution in [-0.2, 0) is 14.0 Å². The van der Waals surface area contributed by atoms with Gasteiger partial charge in [-0.1, -0.05) is 0 Å². The molecule has 0 spiro atoms. The topological polar surface area (TPSA) is 27.7 Å². The number of hydrogen-bond acceptors (Lipinski definition) is 3. The first-order chi connectivity index (χ1) is 12.4. The van der Waals surface area contributed by atoms with E-state index in [0.29, 0.717) is 0 Å². The van der Waals surface area contributed by atoms with Crippen molar-refractivity contribution in [3.8, 4) is 17.2 Å². The molecule has 0 atom stereocenters. The third-order valence-corrected chi connectivity index (χ3v) is 8.75. The molecule has 3 aromatic carbocycles. The predicted molar refractivity (Wildman–Crippen MR) is 109 cm³/mol. The van der Waals surface area contributed by atoms with E-state index in [2.05, 4.69) is 19.2 Å². The van der Waals surface area contributed by atoms with Crippen LogP contribution in [0.3, 0.4) is 0 Å². The molecule has 134 valence electrons. The summed E-state index contributed by atoms with van der Waals surface area (Å²) in [7, 11) is 0. The van der Waals surface area contributed by atoms with E-state index in [1.54, 1.807) is 0 Å². The van der Waals surface area contributed by atoms with E-state index in [1.165, 1.54) is 16.7 Å². The van der Waals surface area contributed by atoms with E-state index in [0.717, 1.165) is 17.2 Å². The van der Waals surface area contributed by atoms with E-state index in [-0.39, 0.29) is 0 Å². The fourth-order valence-electron chi connectivity index (χ4n) is 2.30. The number of benzene rings is 3. The van der Waals surface area contributed by atoms with Crippen molar-refractivity contribution in [2.24, 2.45) is 0 Å². The Morgan fingerprint density at radius 2 is 0.731 bits per heavy atom. The van der Waals surface area contributed by atoms with Gasteiger partial charge < -0.3 is 0 Å². The van der Waals surface area contributed by atoms with Crippen molar-refractivity contribution in [3.63, 3.8) is 0 Å². The Morgan fingerprint density at radius 3 is 0.962 bits per heavy atom. The fourth-order valence-corrected chi connectivity index (χ4v) is 7.60. The quantitative estimate of drug-likeness (QED) is 0.292. The number of halogens is 1. The molecule has 0 unspecified atom stereocenters. The molecule has 0 amide bonds. The summed E-state index contributed by atoms with van der Waals surface area (Å²) >= 11 is -1.42. The number of aryl methyl sites for hydroxylation is 3. The zero-order chi connectivity index (χ0) is 18.6. The van der Waals surface area contributed by atoms with Crippen molar-refractivity contribution >= 4 is 19.2 Å². The molecule has 0 saturated carbocycles. The molecule has 0 bridgehead atoms. The van der Waals surface area contributed by atoms with Gasteiger partial charge in [0.05, 0.1) is 0 Å². The summed E-state index contributed by atoms with van der Waals surface area (Å²) < 4.78 is 18.8. The molecule has 5 heteroatoms. The Morgan fingerprint density at radius 1 is 0.500 bits per heavy atom. The van der Waals surface area contributed by atoms with Crippen LogP contribution in [0, 0.1) is 20.8 Å². The normalized spacial score (nSPS) is 11.1.